The van der Waals surface area contributed by atoms with Gasteiger partial charge in [-0.25, -0.2) is 4.79 Å². The molecule has 1 radical (unpaired) electrons. The zero-order valence-corrected chi connectivity index (χ0v) is 9.80. The summed E-state index contributed by atoms with van der Waals surface area (Å²) in [5.41, 5.74) is 7.32. The molecule has 2 unspecified atom stereocenters. The second kappa shape index (κ2) is 4.84. The molecule has 1 rings (SSSR count). The van der Waals surface area contributed by atoms with Crippen molar-refractivity contribution >= 4 is 6.09 Å². The topological polar surface area (TPSA) is 62.1 Å². The van der Waals surface area contributed by atoms with Crippen LogP contribution in [0.5, 0.6) is 0 Å². The highest BCUT2D eigenvalue weighted by molar-refractivity contribution is 5.68. The van der Waals surface area contributed by atoms with Gasteiger partial charge in [-0.3, -0.25) is 5.73 Å². The van der Waals surface area contributed by atoms with E-state index in [-0.39, 0.29) is 12.1 Å². The summed E-state index contributed by atoms with van der Waals surface area (Å²) in [6.45, 7) is 5.52. The van der Waals surface area contributed by atoms with Gasteiger partial charge in [-0.15, -0.1) is 0 Å². The van der Waals surface area contributed by atoms with Crippen LogP contribution in [0.4, 0.5) is 4.79 Å². The molecule has 0 aliphatic heterocycles. The van der Waals surface area contributed by atoms with Gasteiger partial charge in [-0.1, -0.05) is 12.8 Å². The minimum Gasteiger partial charge on any atom is -0.444 e. The number of nitrogens with one attached hydrogen (secondary N) is 2. The number of rotatable bonds is 1. The Morgan fingerprint density at radius 2 is 1.93 bits per heavy atom. The Morgan fingerprint density at radius 1 is 1.33 bits per heavy atom. The van der Waals surface area contributed by atoms with E-state index in [1.807, 2.05) is 20.8 Å². The first-order valence-electron chi connectivity index (χ1n) is 5.59. The van der Waals surface area contributed by atoms with Gasteiger partial charge in [0.15, 0.2) is 0 Å². The molecule has 4 heteroatoms. The molecule has 1 amide bonds. The number of carbonyl (C=O) groups is 1. The number of amides is 1. The highest BCUT2D eigenvalue weighted by atomic mass is 16.6. The van der Waals surface area contributed by atoms with Crippen molar-refractivity contribution < 1.29 is 9.53 Å². The van der Waals surface area contributed by atoms with Gasteiger partial charge in [0.05, 0.1) is 0 Å². The summed E-state index contributed by atoms with van der Waals surface area (Å²) in [7, 11) is 0. The second-order valence-electron chi connectivity index (χ2n) is 5.14. The van der Waals surface area contributed by atoms with Crippen molar-refractivity contribution in [3.8, 4) is 0 Å². The zero-order chi connectivity index (χ0) is 11.5. The standard InChI is InChI=1S/C11H21N2O2/c1-11(2,3)15-10(14)13-9-7-5-4-6-8(9)12/h8-9,12H,4-7H2,1-3H3,(H,13,14). The number of ether oxygens (including phenoxy) is 1. The highest BCUT2D eigenvalue weighted by Crippen LogP contribution is 2.18. The van der Waals surface area contributed by atoms with Gasteiger partial charge >= 0.3 is 6.09 Å². The first kappa shape index (κ1) is 12.3. The van der Waals surface area contributed by atoms with Crippen molar-refractivity contribution in [1.29, 1.82) is 0 Å². The molecule has 1 aliphatic rings. The summed E-state index contributed by atoms with van der Waals surface area (Å²) in [5.74, 6) is 0. The van der Waals surface area contributed by atoms with Gasteiger partial charge in [0.25, 0.3) is 0 Å². The summed E-state index contributed by atoms with van der Waals surface area (Å²) in [4.78, 5) is 11.5. The molecule has 0 aromatic carbocycles. The Hall–Kier alpha value is -0.770. The lowest BCUT2D eigenvalue weighted by atomic mass is 9.91. The normalized spacial score (nSPS) is 27.2. The summed E-state index contributed by atoms with van der Waals surface area (Å²) >= 11 is 0. The smallest absolute Gasteiger partial charge is 0.407 e. The van der Waals surface area contributed by atoms with E-state index < -0.39 is 11.7 Å². The van der Waals surface area contributed by atoms with Crippen LogP contribution in [0, 0.1) is 0 Å². The Morgan fingerprint density at radius 3 is 2.47 bits per heavy atom. The summed E-state index contributed by atoms with van der Waals surface area (Å²) in [6.07, 6.45) is 3.57. The zero-order valence-electron chi connectivity index (χ0n) is 9.80. The molecule has 1 fully saturated rings. The third kappa shape index (κ3) is 4.51. The molecule has 87 valence electrons. The average Bonchev–Trinajstić information content (AvgIpc) is 2.05. The number of hydrogen-bond acceptors (Lipinski definition) is 2. The third-order valence-corrected chi connectivity index (χ3v) is 2.47. The lowest BCUT2D eigenvalue weighted by molar-refractivity contribution is 0.0484. The molecule has 4 nitrogen and oxygen atoms in total. The van der Waals surface area contributed by atoms with Crippen LogP contribution in [0.3, 0.4) is 0 Å². The average molecular weight is 213 g/mol. The van der Waals surface area contributed by atoms with Crippen molar-refractivity contribution in [2.45, 2.75) is 64.1 Å². The monoisotopic (exact) mass is 213 g/mol. The minimum absolute atomic E-state index is 0.0337. The van der Waals surface area contributed by atoms with Crippen LogP contribution in [-0.2, 0) is 4.74 Å². The summed E-state index contributed by atoms with van der Waals surface area (Å²) in [6, 6.07) is -0.208. The van der Waals surface area contributed by atoms with E-state index in [0.717, 1.165) is 25.7 Å². The van der Waals surface area contributed by atoms with Crippen molar-refractivity contribution in [3.63, 3.8) is 0 Å². The van der Waals surface area contributed by atoms with Gasteiger partial charge in [-0.05, 0) is 33.6 Å². The van der Waals surface area contributed by atoms with Crippen LogP contribution in [0.15, 0.2) is 0 Å². The highest BCUT2D eigenvalue weighted by Gasteiger charge is 2.26. The maximum Gasteiger partial charge on any atom is 0.407 e. The maximum absolute atomic E-state index is 11.5. The van der Waals surface area contributed by atoms with E-state index in [9.17, 15) is 4.79 Å². The van der Waals surface area contributed by atoms with Gasteiger partial charge in [-0.2, -0.15) is 0 Å². The van der Waals surface area contributed by atoms with Crippen molar-refractivity contribution in [2.75, 3.05) is 0 Å². The summed E-state index contributed by atoms with van der Waals surface area (Å²) in [5, 5.41) is 2.78. The Bertz CT molecular complexity index is 223. The second-order valence-corrected chi connectivity index (χ2v) is 5.14. The Labute approximate surface area is 91.5 Å². The minimum atomic E-state index is -0.462. The van der Waals surface area contributed by atoms with E-state index in [2.05, 4.69) is 5.32 Å². The third-order valence-electron chi connectivity index (χ3n) is 2.47. The van der Waals surface area contributed by atoms with Gasteiger partial charge < -0.3 is 10.1 Å². The summed E-state index contributed by atoms with van der Waals surface area (Å²) < 4.78 is 5.16. The fourth-order valence-electron chi connectivity index (χ4n) is 1.76. The van der Waals surface area contributed by atoms with Crippen molar-refractivity contribution in [1.82, 2.24) is 11.1 Å². The molecule has 15 heavy (non-hydrogen) atoms. The van der Waals surface area contributed by atoms with E-state index >= 15 is 0 Å². The molecule has 1 saturated carbocycles. The van der Waals surface area contributed by atoms with Gasteiger partial charge in [0.1, 0.15) is 5.60 Å². The molecule has 0 bridgehead atoms. The fraction of sp³-hybridized carbons (Fsp3) is 0.909. The quantitative estimate of drug-likeness (QED) is 0.725. The van der Waals surface area contributed by atoms with E-state index in [4.69, 9.17) is 10.5 Å². The Balaban J connectivity index is 2.36. The predicted octanol–water partition coefficient (Wildman–Crippen LogP) is 2.11. The van der Waals surface area contributed by atoms with Crippen LogP contribution in [0.2, 0.25) is 0 Å². The maximum atomic E-state index is 11.5. The first-order valence-corrected chi connectivity index (χ1v) is 5.59. The van der Waals surface area contributed by atoms with E-state index in [1.165, 1.54) is 0 Å². The van der Waals surface area contributed by atoms with E-state index in [1.54, 1.807) is 0 Å². The molecule has 0 aromatic heterocycles. The number of carbonyl (C=O) groups excluding carboxylic acids is 1. The largest absolute Gasteiger partial charge is 0.444 e. The molecule has 0 saturated heterocycles. The van der Waals surface area contributed by atoms with E-state index in [0.29, 0.717) is 0 Å². The van der Waals surface area contributed by atoms with Crippen LogP contribution in [0.25, 0.3) is 0 Å². The lowest BCUT2D eigenvalue weighted by Crippen LogP contribution is -2.47. The van der Waals surface area contributed by atoms with Gasteiger partial charge in [0.2, 0.25) is 0 Å². The van der Waals surface area contributed by atoms with Crippen molar-refractivity contribution in [3.05, 3.63) is 0 Å². The molecule has 1 aliphatic carbocycles. The van der Waals surface area contributed by atoms with Crippen LogP contribution >= 0.6 is 0 Å². The van der Waals surface area contributed by atoms with Crippen LogP contribution in [0.1, 0.15) is 46.5 Å². The molecule has 0 heterocycles. The SMILES string of the molecule is CC(C)(C)OC(=O)NC1CCCCC1[NH]. The fourth-order valence-corrected chi connectivity index (χ4v) is 1.76. The molecular weight excluding hydrogens is 192 g/mol. The van der Waals surface area contributed by atoms with Crippen molar-refractivity contribution in [2.24, 2.45) is 0 Å². The van der Waals surface area contributed by atoms with Crippen LogP contribution in [-0.4, -0.2) is 23.8 Å². The van der Waals surface area contributed by atoms with Crippen LogP contribution < -0.4 is 11.1 Å². The first-order chi connectivity index (χ1) is 6.88. The molecule has 2 N–H and O–H groups in total. The Kier molecular flexibility index (Phi) is 3.97. The number of hydrogen-bond donors (Lipinski definition) is 1. The predicted molar refractivity (Wildman–Crippen MR) is 58.5 cm³/mol. The van der Waals surface area contributed by atoms with Gasteiger partial charge in [0, 0.05) is 12.1 Å². The lowest BCUT2D eigenvalue weighted by Gasteiger charge is -2.29. The molecule has 2 atom stereocenters. The number of alkyl carbamates (subject to hydrolysis) is 1. The molecule has 0 aromatic rings. The molecular formula is C11H21N2O2. The molecule has 0 spiro atoms.